The Morgan fingerprint density at radius 3 is 2.60 bits per heavy atom. The highest BCUT2D eigenvalue weighted by atomic mass is 32.2. The average Bonchev–Trinajstić information content (AvgIpc) is 3.54. The van der Waals surface area contributed by atoms with Crippen LogP contribution < -0.4 is 9.73 Å². The van der Waals surface area contributed by atoms with Crippen LogP contribution in [-0.2, 0) is 20.6 Å². The number of nitrogens with one attached hydrogen (secondary N) is 1. The van der Waals surface area contributed by atoms with Crippen LogP contribution in [0, 0.1) is 6.92 Å². The van der Waals surface area contributed by atoms with E-state index >= 15 is 0 Å². The van der Waals surface area contributed by atoms with Gasteiger partial charge in [0.15, 0.2) is 0 Å². The first-order valence-corrected chi connectivity index (χ1v) is 14.2. The number of hydrogen-bond acceptors (Lipinski definition) is 6. The molecule has 0 radical (unpaired) electrons. The number of hydrogen-bond donors (Lipinski definition) is 1. The molecule has 1 atom stereocenters. The van der Waals surface area contributed by atoms with Gasteiger partial charge in [0.25, 0.3) is 15.9 Å². The molecule has 0 saturated carbocycles. The second kappa shape index (κ2) is 10.7. The van der Waals surface area contributed by atoms with Crippen LogP contribution in [0.3, 0.4) is 0 Å². The summed E-state index contributed by atoms with van der Waals surface area (Å²) in [7, 11) is -2.45. The standard InChI is InChI=1S/C25H25N3O4S3/c1-18-8-6-11-22-21(18)14-23(28(22)27(2)35(31,32)24-12-7-13-33-24)25(30)26-15-20(16-29)34-17-19-9-4-3-5-10-19/h3-14,16,20H,15,17H2,1-2H3,(H,26,30). The third-order valence-electron chi connectivity index (χ3n) is 5.57. The highest BCUT2D eigenvalue weighted by Gasteiger charge is 2.28. The summed E-state index contributed by atoms with van der Waals surface area (Å²) in [6.45, 7) is 2.03. The number of fused-ring (bicyclic) bond motifs is 1. The number of amides is 1. The largest absolute Gasteiger partial charge is 0.349 e. The predicted octanol–water partition coefficient (Wildman–Crippen LogP) is 4.20. The van der Waals surface area contributed by atoms with Crippen LogP contribution >= 0.6 is 23.1 Å². The van der Waals surface area contributed by atoms with E-state index in [2.05, 4.69) is 5.32 Å². The Kier molecular flexibility index (Phi) is 7.63. The molecule has 0 bridgehead atoms. The van der Waals surface area contributed by atoms with E-state index in [4.69, 9.17) is 0 Å². The second-order valence-corrected chi connectivity index (χ2v) is 12.3. The zero-order valence-corrected chi connectivity index (χ0v) is 21.7. The fraction of sp³-hybridized carbons (Fsp3) is 0.200. The maximum atomic E-state index is 13.3. The van der Waals surface area contributed by atoms with Gasteiger partial charge in [-0.3, -0.25) is 4.79 Å². The van der Waals surface area contributed by atoms with Gasteiger partial charge >= 0.3 is 0 Å². The monoisotopic (exact) mass is 527 g/mol. The van der Waals surface area contributed by atoms with Gasteiger partial charge in [0.1, 0.15) is 16.2 Å². The maximum absolute atomic E-state index is 13.3. The van der Waals surface area contributed by atoms with Crippen LogP contribution in [0.25, 0.3) is 10.9 Å². The Balaban J connectivity index is 1.60. The molecule has 2 aromatic heterocycles. The smallest absolute Gasteiger partial charge is 0.287 e. The summed E-state index contributed by atoms with van der Waals surface area (Å²) >= 11 is 2.55. The van der Waals surface area contributed by atoms with Crippen molar-refractivity contribution in [1.82, 2.24) is 9.99 Å². The van der Waals surface area contributed by atoms with E-state index in [1.54, 1.807) is 23.6 Å². The zero-order valence-electron chi connectivity index (χ0n) is 19.2. The van der Waals surface area contributed by atoms with Gasteiger partial charge < -0.3 is 10.1 Å². The zero-order chi connectivity index (χ0) is 25.0. The molecule has 0 saturated heterocycles. The molecule has 1 unspecified atom stereocenters. The van der Waals surface area contributed by atoms with Crippen molar-refractivity contribution < 1.29 is 18.0 Å². The van der Waals surface area contributed by atoms with E-state index < -0.39 is 21.2 Å². The molecule has 35 heavy (non-hydrogen) atoms. The van der Waals surface area contributed by atoms with Crippen molar-refractivity contribution in [3.05, 3.63) is 88.9 Å². The summed E-state index contributed by atoms with van der Waals surface area (Å²) < 4.78 is 29.2. The van der Waals surface area contributed by atoms with Crippen molar-refractivity contribution in [2.75, 3.05) is 18.0 Å². The first-order chi connectivity index (χ1) is 16.8. The number of aryl methyl sites for hydroxylation is 1. The molecule has 4 rings (SSSR count). The number of sulfonamides is 1. The SMILES string of the molecule is Cc1cccc2c1cc(C(=O)NCC(C=O)SCc1ccccc1)n2N(C)S(=O)(=O)c1cccs1. The Bertz CT molecular complexity index is 1430. The molecular formula is C25H25N3O4S3. The molecule has 1 amide bonds. The van der Waals surface area contributed by atoms with Crippen LogP contribution in [0.2, 0.25) is 0 Å². The molecule has 0 fully saturated rings. The number of rotatable bonds is 10. The Morgan fingerprint density at radius 2 is 1.91 bits per heavy atom. The first kappa shape index (κ1) is 25.0. The minimum absolute atomic E-state index is 0.127. The number of benzene rings is 2. The van der Waals surface area contributed by atoms with E-state index in [-0.39, 0.29) is 16.4 Å². The lowest BCUT2D eigenvalue weighted by Gasteiger charge is -2.23. The lowest BCUT2D eigenvalue weighted by atomic mass is 10.1. The highest BCUT2D eigenvalue weighted by molar-refractivity contribution is 7.99. The third kappa shape index (κ3) is 5.29. The van der Waals surface area contributed by atoms with Gasteiger partial charge in [-0.2, -0.15) is 8.42 Å². The number of thiophene rings is 1. The molecule has 0 aliphatic carbocycles. The second-order valence-electron chi connectivity index (χ2n) is 7.90. The lowest BCUT2D eigenvalue weighted by molar-refractivity contribution is -0.107. The number of thioether (sulfide) groups is 1. The van der Waals surface area contributed by atoms with Crippen molar-refractivity contribution >= 4 is 56.2 Å². The van der Waals surface area contributed by atoms with Gasteiger partial charge in [-0.15, -0.1) is 23.1 Å². The minimum atomic E-state index is -3.88. The fourth-order valence-electron chi connectivity index (χ4n) is 3.69. The van der Waals surface area contributed by atoms with Gasteiger partial charge in [0.05, 0.1) is 10.8 Å². The van der Waals surface area contributed by atoms with Crippen molar-refractivity contribution in [2.24, 2.45) is 0 Å². The van der Waals surface area contributed by atoms with Crippen molar-refractivity contribution in [2.45, 2.75) is 22.1 Å². The van der Waals surface area contributed by atoms with Gasteiger partial charge in [0.2, 0.25) is 0 Å². The Morgan fingerprint density at radius 1 is 1.14 bits per heavy atom. The summed E-state index contributed by atoms with van der Waals surface area (Å²) in [5.74, 6) is 0.183. The van der Waals surface area contributed by atoms with E-state index in [1.165, 1.54) is 29.6 Å². The van der Waals surface area contributed by atoms with E-state index in [1.807, 2.05) is 49.4 Å². The van der Waals surface area contributed by atoms with Crippen molar-refractivity contribution in [1.29, 1.82) is 0 Å². The summed E-state index contributed by atoms with van der Waals surface area (Å²) in [6, 6.07) is 20.2. The van der Waals surface area contributed by atoms with Crippen molar-refractivity contribution in [3.63, 3.8) is 0 Å². The number of nitrogens with zero attached hydrogens (tertiary/aromatic N) is 2. The number of carbonyl (C=O) groups is 2. The molecule has 7 nitrogen and oxygen atoms in total. The quantitative estimate of drug-likeness (QED) is 0.312. The number of aldehydes is 1. The van der Waals surface area contributed by atoms with Gasteiger partial charge in [0, 0.05) is 24.7 Å². The van der Waals surface area contributed by atoms with Crippen LogP contribution in [0.1, 0.15) is 21.6 Å². The van der Waals surface area contributed by atoms with E-state index in [0.717, 1.165) is 38.6 Å². The minimum Gasteiger partial charge on any atom is -0.349 e. The van der Waals surface area contributed by atoms with E-state index in [0.29, 0.717) is 11.3 Å². The predicted molar refractivity (Wildman–Crippen MR) is 142 cm³/mol. The Hall–Kier alpha value is -3.08. The van der Waals surface area contributed by atoms with Gasteiger partial charge in [-0.25, -0.2) is 9.09 Å². The summed E-state index contributed by atoms with van der Waals surface area (Å²) in [6.07, 6.45) is 0.820. The summed E-state index contributed by atoms with van der Waals surface area (Å²) in [5, 5.41) is 4.85. The molecule has 0 aliphatic heterocycles. The first-order valence-electron chi connectivity index (χ1n) is 10.9. The molecule has 182 valence electrons. The summed E-state index contributed by atoms with van der Waals surface area (Å²) in [4.78, 5) is 24.9. The lowest BCUT2D eigenvalue weighted by Crippen LogP contribution is -2.40. The molecule has 2 heterocycles. The van der Waals surface area contributed by atoms with Crippen LogP contribution in [0.15, 0.2) is 76.3 Å². The van der Waals surface area contributed by atoms with Crippen LogP contribution in [0.4, 0.5) is 0 Å². The third-order valence-corrected chi connectivity index (χ3v) is 9.86. The normalized spacial score (nSPS) is 12.4. The maximum Gasteiger partial charge on any atom is 0.287 e. The highest BCUT2D eigenvalue weighted by Crippen LogP contribution is 2.27. The molecular weight excluding hydrogens is 502 g/mol. The number of aromatic nitrogens is 1. The molecule has 2 aromatic carbocycles. The number of carbonyl (C=O) groups excluding carboxylic acids is 2. The van der Waals surface area contributed by atoms with Gasteiger partial charge in [-0.1, -0.05) is 48.5 Å². The van der Waals surface area contributed by atoms with Crippen LogP contribution in [0.5, 0.6) is 0 Å². The molecule has 0 spiro atoms. The van der Waals surface area contributed by atoms with Crippen molar-refractivity contribution in [3.8, 4) is 0 Å². The summed E-state index contributed by atoms with van der Waals surface area (Å²) in [5.41, 5.74) is 2.78. The van der Waals surface area contributed by atoms with Crippen LogP contribution in [-0.4, -0.2) is 44.1 Å². The average molecular weight is 528 g/mol. The molecule has 1 N–H and O–H groups in total. The molecule has 0 aliphatic rings. The van der Waals surface area contributed by atoms with E-state index in [9.17, 15) is 18.0 Å². The Labute approximate surface area is 212 Å². The molecule has 4 aromatic rings. The molecule has 10 heteroatoms. The topological polar surface area (TPSA) is 88.5 Å². The van der Waals surface area contributed by atoms with Gasteiger partial charge in [-0.05, 0) is 41.6 Å². The fourth-order valence-corrected chi connectivity index (χ4v) is 6.89.